The smallest absolute Gasteiger partial charge is 0.340 e. The summed E-state index contributed by atoms with van der Waals surface area (Å²) in [6, 6.07) is 5.09. The fourth-order valence-electron chi connectivity index (χ4n) is 2.28. The topological polar surface area (TPSA) is 97.0 Å². The van der Waals surface area contributed by atoms with Crippen LogP contribution in [0.1, 0.15) is 11.1 Å². The van der Waals surface area contributed by atoms with Gasteiger partial charge < -0.3 is 19.2 Å². The second kappa shape index (κ2) is 6.51. The number of carbonyl (C=O) groups is 2. The Morgan fingerprint density at radius 2 is 2.04 bits per heavy atom. The van der Waals surface area contributed by atoms with Crippen molar-refractivity contribution in [1.29, 1.82) is 0 Å². The van der Waals surface area contributed by atoms with E-state index in [4.69, 9.17) is 14.3 Å². The Balaban J connectivity index is 2.40. The number of carbonyl (C=O) groups excluding carboxylic acids is 1. The number of aliphatic carboxylic acids is 1. The molecule has 0 atom stereocenters. The van der Waals surface area contributed by atoms with E-state index in [0.29, 0.717) is 22.3 Å². The Morgan fingerprint density at radius 3 is 2.65 bits per heavy atom. The lowest BCUT2D eigenvalue weighted by Crippen LogP contribution is -2.34. The summed E-state index contributed by atoms with van der Waals surface area (Å²) in [7, 11) is 2.89. The molecular weight excluding hydrogens is 302 g/mol. The summed E-state index contributed by atoms with van der Waals surface area (Å²) < 4.78 is 10.3. The molecule has 0 fully saturated rings. The van der Waals surface area contributed by atoms with Crippen molar-refractivity contribution in [2.24, 2.45) is 0 Å². The molecule has 0 saturated carbocycles. The maximum Gasteiger partial charge on any atom is 0.340 e. The van der Waals surface area contributed by atoms with Crippen molar-refractivity contribution in [1.82, 2.24) is 4.90 Å². The molecule has 0 unspecified atom stereocenters. The van der Waals surface area contributed by atoms with Crippen molar-refractivity contribution in [3.8, 4) is 5.75 Å². The van der Waals surface area contributed by atoms with Gasteiger partial charge in [-0.2, -0.15) is 0 Å². The van der Waals surface area contributed by atoms with Crippen LogP contribution in [0, 0.1) is 6.92 Å². The van der Waals surface area contributed by atoms with Crippen molar-refractivity contribution >= 4 is 22.8 Å². The van der Waals surface area contributed by atoms with Crippen LogP contribution in [0.25, 0.3) is 11.0 Å². The van der Waals surface area contributed by atoms with E-state index in [2.05, 4.69) is 0 Å². The van der Waals surface area contributed by atoms with Gasteiger partial charge in [0.15, 0.2) is 0 Å². The lowest BCUT2D eigenvalue weighted by Gasteiger charge is -2.15. The molecule has 0 bridgehead atoms. The average Bonchev–Trinajstić information content (AvgIpc) is 2.49. The van der Waals surface area contributed by atoms with Gasteiger partial charge in [-0.1, -0.05) is 0 Å². The minimum absolute atomic E-state index is 0.208. The number of nitrogens with zero attached hydrogens (tertiary/aromatic N) is 1. The van der Waals surface area contributed by atoms with Crippen LogP contribution in [-0.4, -0.2) is 42.6 Å². The van der Waals surface area contributed by atoms with E-state index in [1.165, 1.54) is 14.2 Å². The van der Waals surface area contributed by atoms with Gasteiger partial charge in [0, 0.05) is 18.5 Å². The van der Waals surface area contributed by atoms with Crippen LogP contribution in [0.3, 0.4) is 0 Å². The zero-order valence-corrected chi connectivity index (χ0v) is 13.1. The maximum absolute atomic E-state index is 12.1. The van der Waals surface area contributed by atoms with Crippen LogP contribution in [0.4, 0.5) is 0 Å². The number of hydrogen-bond donors (Lipinski definition) is 1. The molecule has 0 aliphatic heterocycles. The second-order valence-electron chi connectivity index (χ2n) is 5.18. The Labute approximate surface area is 132 Å². The Hall–Kier alpha value is -2.83. The number of carboxylic acid groups (broad SMARTS) is 1. The van der Waals surface area contributed by atoms with Gasteiger partial charge >= 0.3 is 11.6 Å². The molecule has 0 aliphatic rings. The molecule has 0 radical (unpaired) electrons. The summed E-state index contributed by atoms with van der Waals surface area (Å²) in [5.74, 6) is -1.02. The Kier molecular flexibility index (Phi) is 4.68. The van der Waals surface area contributed by atoms with Gasteiger partial charge in [0.25, 0.3) is 0 Å². The predicted octanol–water partition coefficient (Wildman–Crippen LogP) is 1.20. The van der Waals surface area contributed by atoms with Gasteiger partial charge in [0.05, 0.1) is 19.1 Å². The number of likely N-dealkylation sites (N-methyl/N-ethyl adjacent to an activating group) is 1. The second-order valence-corrected chi connectivity index (χ2v) is 5.18. The normalized spacial score (nSPS) is 10.6. The molecule has 1 heterocycles. The van der Waals surface area contributed by atoms with E-state index in [1.807, 2.05) is 0 Å². The van der Waals surface area contributed by atoms with Crippen LogP contribution in [-0.2, 0) is 16.0 Å². The van der Waals surface area contributed by atoms with Crippen LogP contribution >= 0.6 is 0 Å². The van der Waals surface area contributed by atoms with Gasteiger partial charge in [-0.25, -0.2) is 4.79 Å². The molecule has 1 N–H and O–H groups in total. The minimum Gasteiger partial charge on any atom is -0.497 e. The molecule has 2 rings (SSSR count). The highest BCUT2D eigenvalue weighted by molar-refractivity contribution is 5.86. The molecule has 1 aromatic carbocycles. The van der Waals surface area contributed by atoms with Crippen LogP contribution in [0.2, 0.25) is 0 Å². The number of carboxylic acids is 1. The predicted molar refractivity (Wildman–Crippen MR) is 82.7 cm³/mol. The van der Waals surface area contributed by atoms with Gasteiger partial charge in [-0.15, -0.1) is 0 Å². The molecule has 1 amide bonds. The summed E-state index contributed by atoms with van der Waals surface area (Å²) in [6.45, 7) is 1.31. The number of fused-ring (bicyclic) bond motifs is 1. The fourth-order valence-corrected chi connectivity index (χ4v) is 2.28. The van der Waals surface area contributed by atoms with E-state index in [9.17, 15) is 14.4 Å². The quantitative estimate of drug-likeness (QED) is 0.832. The van der Waals surface area contributed by atoms with Crippen LogP contribution in [0.5, 0.6) is 5.75 Å². The summed E-state index contributed by atoms with van der Waals surface area (Å²) in [5.41, 5.74) is 0.628. The van der Waals surface area contributed by atoms with Crippen molar-refractivity contribution in [3.63, 3.8) is 0 Å². The van der Waals surface area contributed by atoms with E-state index in [-0.39, 0.29) is 12.0 Å². The molecule has 2 aromatic rings. The Bertz CT molecular complexity index is 823. The van der Waals surface area contributed by atoms with Crippen molar-refractivity contribution in [2.75, 3.05) is 20.7 Å². The number of aryl methyl sites for hydroxylation is 1. The Morgan fingerprint density at radius 1 is 1.35 bits per heavy atom. The SMILES string of the molecule is COc1ccc2c(C)c(CC(=O)N(C)CC(=O)O)c(=O)oc2c1. The minimum atomic E-state index is -1.12. The first-order valence-corrected chi connectivity index (χ1v) is 6.89. The van der Waals surface area contributed by atoms with Crippen LogP contribution < -0.4 is 10.4 Å². The van der Waals surface area contributed by atoms with Crippen molar-refractivity contribution < 1.29 is 23.8 Å². The number of methoxy groups -OCH3 is 1. The molecule has 1 aromatic heterocycles. The van der Waals surface area contributed by atoms with E-state index < -0.39 is 24.0 Å². The molecule has 0 saturated heterocycles. The maximum atomic E-state index is 12.1. The zero-order chi connectivity index (χ0) is 17.1. The third kappa shape index (κ3) is 3.50. The standard InChI is InChI=1S/C16H17NO6/c1-9-11-5-4-10(22-3)6-13(11)23-16(21)12(9)7-14(18)17(2)8-15(19)20/h4-6H,7-8H2,1-3H3,(H,19,20). The monoisotopic (exact) mass is 319 g/mol. The summed E-state index contributed by atoms with van der Waals surface area (Å²) in [4.78, 5) is 35.9. The molecule has 7 nitrogen and oxygen atoms in total. The zero-order valence-electron chi connectivity index (χ0n) is 13.1. The highest BCUT2D eigenvalue weighted by Crippen LogP contribution is 2.24. The number of ether oxygens (including phenoxy) is 1. The molecular formula is C16H17NO6. The summed E-state index contributed by atoms with van der Waals surface area (Å²) in [6.07, 6.45) is -0.208. The largest absolute Gasteiger partial charge is 0.497 e. The lowest BCUT2D eigenvalue weighted by molar-refractivity contribution is -0.143. The molecule has 23 heavy (non-hydrogen) atoms. The van der Waals surface area contributed by atoms with Gasteiger partial charge in [-0.05, 0) is 24.6 Å². The molecule has 122 valence electrons. The van der Waals surface area contributed by atoms with Gasteiger partial charge in [0.2, 0.25) is 5.91 Å². The molecule has 0 aliphatic carbocycles. The number of benzene rings is 1. The highest BCUT2D eigenvalue weighted by atomic mass is 16.5. The third-order valence-corrected chi connectivity index (χ3v) is 3.62. The summed E-state index contributed by atoms with van der Waals surface area (Å²) >= 11 is 0. The number of amides is 1. The number of hydrogen-bond acceptors (Lipinski definition) is 5. The van der Waals surface area contributed by atoms with Gasteiger partial charge in [0.1, 0.15) is 17.9 Å². The molecule has 0 spiro atoms. The van der Waals surface area contributed by atoms with Crippen molar-refractivity contribution in [2.45, 2.75) is 13.3 Å². The summed E-state index contributed by atoms with van der Waals surface area (Å²) in [5, 5.41) is 9.42. The number of rotatable bonds is 5. The van der Waals surface area contributed by atoms with E-state index in [0.717, 1.165) is 4.90 Å². The van der Waals surface area contributed by atoms with Gasteiger partial charge in [-0.3, -0.25) is 9.59 Å². The first kappa shape index (κ1) is 16.5. The lowest BCUT2D eigenvalue weighted by atomic mass is 10.0. The highest BCUT2D eigenvalue weighted by Gasteiger charge is 2.18. The first-order chi connectivity index (χ1) is 10.8. The average molecular weight is 319 g/mol. The third-order valence-electron chi connectivity index (χ3n) is 3.62. The van der Waals surface area contributed by atoms with E-state index >= 15 is 0 Å². The first-order valence-electron chi connectivity index (χ1n) is 6.89. The van der Waals surface area contributed by atoms with Crippen LogP contribution in [0.15, 0.2) is 27.4 Å². The van der Waals surface area contributed by atoms with Crippen molar-refractivity contribution in [3.05, 3.63) is 39.7 Å². The molecule has 7 heteroatoms. The van der Waals surface area contributed by atoms with E-state index in [1.54, 1.807) is 25.1 Å². The fraction of sp³-hybridized carbons (Fsp3) is 0.312.